The average molecular weight is 325 g/mol. The van der Waals surface area contributed by atoms with Gasteiger partial charge < -0.3 is 11.1 Å². The third kappa shape index (κ3) is 4.84. The summed E-state index contributed by atoms with van der Waals surface area (Å²) in [4.78, 5) is 13.0. The number of nitrogens with one attached hydrogen (secondary N) is 1. The lowest BCUT2D eigenvalue weighted by Crippen LogP contribution is -2.24. The zero-order chi connectivity index (χ0) is 14.4. The SMILES string of the molecule is Cc1ccc(-c2ccsc2C(=O)NCCCCN)cc1.Cl. The van der Waals surface area contributed by atoms with Crippen molar-refractivity contribution in [1.82, 2.24) is 5.32 Å². The van der Waals surface area contributed by atoms with Crippen LogP contribution in [0.3, 0.4) is 0 Å². The van der Waals surface area contributed by atoms with Crippen LogP contribution >= 0.6 is 23.7 Å². The fraction of sp³-hybridized carbons (Fsp3) is 0.312. The van der Waals surface area contributed by atoms with Crippen molar-refractivity contribution in [1.29, 1.82) is 0 Å². The number of carbonyl (C=O) groups excluding carboxylic acids is 1. The van der Waals surface area contributed by atoms with Crippen molar-refractivity contribution < 1.29 is 4.79 Å². The van der Waals surface area contributed by atoms with E-state index in [9.17, 15) is 4.79 Å². The van der Waals surface area contributed by atoms with Crippen LogP contribution in [0.25, 0.3) is 11.1 Å². The van der Waals surface area contributed by atoms with Crippen molar-refractivity contribution in [2.45, 2.75) is 19.8 Å². The number of benzene rings is 1. The highest BCUT2D eigenvalue weighted by atomic mass is 35.5. The highest BCUT2D eigenvalue weighted by molar-refractivity contribution is 7.12. The van der Waals surface area contributed by atoms with E-state index in [2.05, 4.69) is 36.5 Å². The smallest absolute Gasteiger partial charge is 0.261 e. The van der Waals surface area contributed by atoms with Crippen LogP contribution in [-0.4, -0.2) is 19.0 Å². The highest BCUT2D eigenvalue weighted by Gasteiger charge is 2.13. The number of amides is 1. The Morgan fingerprint density at radius 2 is 1.90 bits per heavy atom. The van der Waals surface area contributed by atoms with Gasteiger partial charge in [0.1, 0.15) is 0 Å². The number of nitrogens with two attached hydrogens (primary N) is 1. The molecule has 3 nitrogen and oxygen atoms in total. The molecule has 21 heavy (non-hydrogen) atoms. The minimum absolute atomic E-state index is 0. The lowest BCUT2D eigenvalue weighted by molar-refractivity contribution is 0.0957. The molecule has 1 aromatic heterocycles. The topological polar surface area (TPSA) is 55.1 Å². The van der Waals surface area contributed by atoms with Crippen LogP contribution in [0.5, 0.6) is 0 Å². The maximum Gasteiger partial charge on any atom is 0.261 e. The van der Waals surface area contributed by atoms with Crippen molar-refractivity contribution in [3.05, 3.63) is 46.2 Å². The number of unbranched alkanes of at least 4 members (excludes halogenated alkanes) is 1. The van der Waals surface area contributed by atoms with E-state index in [4.69, 9.17) is 5.73 Å². The van der Waals surface area contributed by atoms with Gasteiger partial charge in [0.15, 0.2) is 0 Å². The normalized spacial score (nSPS) is 10.0. The third-order valence-electron chi connectivity index (χ3n) is 3.15. The summed E-state index contributed by atoms with van der Waals surface area (Å²) in [6.45, 7) is 3.41. The van der Waals surface area contributed by atoms with Gasteiger partial charge in [-0.1, -0.05) is 29.8 Å². The van der Waals surface area contributed by atoms with Crippen LogP contribution < -0.4 is 11.1 Å². The Morgan fingerprint density at radius 1 is 1.19 bits per heavy atom. The molecule has 0 aliphatic heterocycles. The monoisotopic (exact) mass is 324 g/mol. The van der Waals surface area contributed by atoms with Gasteiger partial charge in [0, 0.05) is 12.1 Å². The Kier molecular flexibility index (Phi) is 7.43. The van der Waals surface area contributed by atoms with Crippen LogP contribution in [0.2, 0.25) is 0 Å². The van der Waals surface area contributed by atoms with Crippen molar-refractivity contribution in [3.63, 3.8) is 0 Å². The fourth-order valence-electron chi connectivity index (χ4n) is 2.00. The molecule has 0 aliphatic carbocycles. The van der Waals surface area contributed by atoms with Gasteiger partial charge in [0.05, 0.1) is 4.88 Å². The summed E-state index contributed by atoms with van der Waals surface area (Å²) in [5.41, 5.74) is 8.75. The molecule has 114 valence electrons. The minimum Gasteiger partial charge on any atom is -0.351 e. The predicted molar refractivity (Wildman–Crippen MR) is 92.4 cm³/mol. The van der Waals surface area contributed by atoms with Gasteiger partial charge in [-0.2, -0.15) is 0 Å². The van der Waals surface area contributed by atoms with E-state index in [0.29, 0.717) is 13.1 Å². The lowest BCUT2D eigenvalue weighted by atomic mass is 10.0. The number of carbonyl (C=O) groups is 1. The summed E-state index contributed by atoms with van der Waals surface area (Å²) in [6.07, 6.45) is 1.86. The molecule has 1 heterocycles. The lowest BCUT2D eigenvalue weighted by Gasteiger charge is -2.06. The summed E-state index contributed by atoms with van der Waals surface area (Å²) in [5, 5.41) is 4.92. The number of halogens is 1. The molecular weight excluding hydrogens is 304 g/mol. The predicted octanol–water partition coefficient (Wildman–Crippen LogP) is 3.61. The van der Waals surface area contributed by atoms with Crippen LogP contribution in [0.1, 0.15) is 28.1 Å². The summed E-state index contributed by atoms with van der Waals surface area (Å²) >= 11 is 1.48. The Labute approximate surface area is 136 Å². The first-order chi connectivity index (χ1) is 9.72. The molecule has 0 unspecified atom stereocenters. The van der Waals surface area contributed by atoms with Gasteiger partial charge >= 0.3 is 0 Å². The molecule has 0 fully saturated rings. The molecule has 0 saturated heterocycles. The van der Waals surface area contributed by atoms with Gasteiger partial charge in [-0.05, 0) is 43.3 Å². The van der Waals surface area contributed by atoms with E-state index in [0.717, 1.165) is 28.8 Å². The average Bonchev–Trinajstić information content (AvgIpc) is 2.93. The van der Waals surface area contributed by atoms with Gasteiger partial charge in [-0.3, -0.25) is 4.79 Å². The first-order valence-electron chi connectivity index (χ1n) is 6.85. The largest absolute Gasteiger partial charge is 0.351 e. The first-order valence-corrected chi connectivity index (χ1v) is 7.73. The molecule has 0 bridgehead atoms. The quantitative estimate of drug-likeness (QED) is 0.797. The van der Waals surface area contributed by atoms with Gasteiger partial charge in [-0.25, -0.2) is 0 Å². The molecule has 0 spiro atoms. The minimum atomic E-state index is 0. The molecule has 0 aliphatic rings. The Balaban J connectivity index is 0.00000220. The standard InChI is InChI=1S/C16H20N2OS.ClH/c1-12-4-6-13(7-5-12)14-8-11-20-15(14)16(19)18-10-3-2-9-17;/h4-8,11H,2-3,9-10,17H2,1H3,(H,18,19);1H. The number of thiophene rings is 1. The van der Waals surface area contributed by atoms with Gasteiger partial charge in [-0.15, -0.1) is 23.7 Å². The number of aryl methyl sites for hydroxylation is 1. The molecule has 2 aromatic rings. The van der Waals surface area contributed by atoms with E-state index in [1.54, 1.807) is 0 Å². The van der Waals surface area contributed by atoms with Crippen molar-refractivity contribution in [2.75, 3.05) is 13.1 Å². The second-order valence-corrected chi connectivity index (χ2v) is 5.70. The number of hydrogen-bond acceptors (Lipinski definition) is 3. The van der Waals surface area contributed by atoms with Gasteiger partial charge in [0.2, 0.25) is 0 Å². The molecule has 5 heteroatoms. The van der Waals surface area contributed by atoms with E-state index in [1.807, 2.05) is 11.4 Å². The fourth-order valence-corrected chi connectivity index (χ4v) is 2.83. The first kappa shape index (κ1) is 17.7. The maximum absolute atomic E-state index is 12.2. The zero-order valence-electron chi connectivity index (χ0n) is 12.1. The Bertz CT molecular complexity index is 566. The summed E-state index contributed by atoms with van der Waals surface area (Å²) in [7, 11) is 0. The maximum atomic E-state index is 12.2. The molecule has 1 amide bonds. The second-order valence-electron chi connectivity index (χ2n) is 4.78. The summed E-state index contributed by atoms with van der Waals surface area (Å²) < 4.78 is 0. The van der Waals surface area contributed by atoms with Crippen molar-refractivity contribution in [2.24, 2.45) is 5.73 Å². The molecule has 1 aromatic carbocycles. The van der Waals surface area contributed by atoms with Crippen LogP contribution in [0.15, 0.2) is 35.7 Å². The van der Waals surface area contributed by atoms with Crippen molar-refractivity contribution in [3.8, 4) is 11.1 Å². The Morgan fingerprint density at radius 3 is 2.57 bits per heavy atom. The third-order valence-corrected chi connectivity index (χ3v) is 4.06. The van der Waals surface area contributed by atoms with E-state index in [-0.39, 0.29) is 18.3 Å². The van der Waals surface area contributed by atoms with Crippen molar-refractivity contribution >= 4 is 29.7 Å². The highest BCUT2D eigenvalue weighted by Crippen LogP contribution is 2.28. The number of hydrogen-bond donors (Lipinski definition) is 2. The van der Waals surface area contributed by atoms with Crippen LogP contribution in [0, 0.1) is 6.92 Å². The molecular formula is C16H21ClN2OS. The molecule has 0 atom stereocenters. The summed E-state index contributed by atoms with van der Waals surface area (Å²) in [6, 6.07) is 10.3. The molecule has 0 saturated carbocycles. The van der Waals surface area contributed by atoms with E-state index >= 15 is 0 Å². The second kappa shape index (κ2) is 8.82. The van der Waals surface area contributed by atoms with Gasteiger partial charge in [0.25, 0.3) is 5.91 Å². The molecule has 3 N–H and O–H groups in total. The zero-order valence-corrected chi connectivity index (χ0v) is 13.7. The van der Waals surface area contributed by atoms with E-state index in [1.165, 1.54) is 16.9 Å². The number of rotatable bonds is 6. The van der Waals surface area contributed by atoms with Crippen LogP contribution in [0.4, 0.5) is 0 Å². The Hall–Kier alpha value is -1.36. The molecule has 0 radical (unpaired) electrons. The van der Waals surface area contributed by atoms with Crippen LogP contribution in [-0.2, 0) is 0 Å². The molecule has 2 rings (SSSR count). The van der Waals surface area contributed by atoms with E-state index < -0.39 is 0 Å². The summed E-state index contributed by atoms with van der Waals surface area (Å²) in [5.74, 6) is 0.00703.